The lowest BCUT2D eigenvalue weighted by Gasteiger charge is -2.33. The molecule has 0 bridgehead atoms. The first-order valence-electron chi connectivity index (χ1n) is 9.41. The molecule has 5 nitrogen and oxygen atoms in total. The molecule has 1 saturated heterocycles. The molecule has 2 aromatic rings. The molecule has 1 atom stereocenters. The Bertz CT molecular complexity index is 853. The molecule has 1 N–H and O–H groups in total. The van der Waals surface area contributed by atoms with Crippen molar-refractivity contribution >= 4 is 10.0 Å². The van der Waals surface area contributed by atoms with E-state index >= 15 is 0 Å². The fourth-order valence-electron chi connectivity index (χ4n) is 3.25. The molecule has 0 saturated carbocycles. The van der Waals surface area contributed by atoms with Gasteiger partial charge < -0.3 is 4.74 Å². The van der Waals surface area contributed by atoms with E-state index in [1.807, 2.05) is 38.1 Å². The van der Waals surface area contributed by atoms with Gasteiger partial charge in [0.15, 0.2) is 0 Å². The maximum absolute atomic E-state index is 12.4. The van der Waals surface area contributed by atoms with Crippen molar-refractivity contribution in [3.63, 3.8) is 0 Å². The van der Waals surface area contributed by atoms with Crippen molar-refractivity contribution in [1.29, 1.82) is 0 Å². The van der Waals surface area contributed by atoms with Crippen LogP contribution in [0.1, 0.15) is 29.2 Å². The van der Waals surface area contributed by atoms with Crippen LogP contribution in [0.4, 0.5) is 0 Å². The van der Waals surface area contributed by atoms with Crippen LogP contribution in [-0.2, 0) is 14.8 Å². The molecule has 0 unspecified atom stereocenters. The van der Waals surface area contributed by atoms with Gasteiger partial charge in [0.05, 0.1) is 17.6 Å². The third-order valence-corrected chi connectivity index (χ3v) is 6.51. The average Bonchev–Trinajstić information content (AvgIpc) is 2.68. The zero-order chi connectivity index (χ0) is 19.3. The molecule has 1 fully saturated rings. The van der Waals surface area contributed by atoms with Gasteiger partial charge in [0.25, 0.3) is 0 Å². The van der Waals surface area contributed by atoms with Crippen LogP contribution in [0.5, 0.6) is 0 Å². The largest absolute Gasteiger partial charge is 0.371 e. The molecule has 3 rings (SSSR count). The molecular weight excluding hydrogens is 360 g/mol. The van der Waals surface area contributed by atoms with Crippen molar-refractivity contribution in [3.8, 4) is 0 Å². The minimum Gasteiger partial charge on any atom is -0.371 e. The number of rotatable bonds is 7. The molecular formula is C21H28N2O3S. The van der Waals surface area contributed by atoms with Crippen molar-refractivity contribution < 1.29 is 13.2 Å². The quantitative estimate of drug-likeness (QED) is 0.741. The van der Waals surface area contributed by atoms with Crippen LogP contribution in [0.25, 0.3) is 0 Å². The molecule has 1 heterocycles. The van der Waals surface area contributed by atoms with E-state index in [4.69, 9.17) is 4.74 Å². The Morgan fingerprint density at radius 3 is 2.63 bits per heavy atom. The predicted molar refractivity (Wildman–Crippen MR) is 107 cm³/mol. The second-order valence-electron chi connectivity index (χ2n) is 7.07. The van der Waals surface area contributed by atoms with Gasteiger partial charge >= 0.3 is 0 Å². The van der Waals surface area contributed by atoms with Gasteiger partial charge in [-0.1, -0.05) is 36.4 Å². The monoisotopic (exact) mass is 388 g/mol. The van der Waals surface area contributed by atoms with Gasteiger partial charge in [-0.15, -0.1) is 0 Å². The van der Waals surface area contributed by atoms with E-state index in [9.17, 15) is 8.42 Å². The molecule has 1 aliphatic rings. The first-order valence-corrected chi connectivity index (χ1v) is 10.9. The summed E-state index contributed by atoms with van der Waals surface area (Å²) < 4.78 is 33.5. The second kappa shape index (κ2) is 8.97. The topological polar surface area (TPSA) is 58.6 Å². The van der Waals surface area contributed by atoms with Crippen LogP contribution in [0, 0.1) is 13.8 Å². The molecule has 1 aliphatic heterocycles. The fraction of sp³-hybridized carbons (Fsp3) is 0.429. The highest BCUT2D eigenvalue weighted by Gasteiger charge is 2.21. The van der Waals surface area contributed by atoms with E-state index in [0.717, 1.165) is 37.2 Å². The van der Waals surface area contributed by atoms with Crippen molar-refractivity contribution in [2.45, 2.75) is 31.3 Å². The average molecular weight is 389 g/mol. The minimum absolute atomic E-state index is 0.0900. The van der Waals surface area contributed by atoms with Gasteiger partial charge in [-0.05, 0) is 55.6 Å². The highest BCUT2D eigenvalue weighted by Crippen LogP contribution is 2.22. The Hall–Kier alpha value is -1.73. The van der Waals surface area contributed by atoms with E-state index < -0.39 is 10.0 Å². The van der Waals surface area contributed by atoms with Crippen LogP contribution in [-0.4, -0.2) is 46.1 Å². The molecule has 0 aromatic heterocycles. The van der Waals surface area contributed by atoms with Crippen molar-refractivity contribution in [2.24, 2.45) is 0 Å². The van der Waals surface area contributed by atoms with Gasteiger partial charge in [0.1, 0.15) is 0 Å². The number of ether oxygens (including phenoxy) is 1. The molecule has 6 heteroatoms. The van der Waals surface area contributed by atoms with Crippen LogP contribution in [0.15, 0.2) is 53.4 Å². The lowest BCUT2D eigenvalue weighted by Crippen LogP contribution is -2.39. The summed E-state index contributed by atoms with van der Waals surface area (Å²) in [5.74, 6) is 0. The lowest BCUT2D eigenvalue weighted by atomic mass is 10.1. The summed E-state index contributed by atoms with van der Waals surface area (Å²) in [7, 11) is -3.45. The number of aryl methyl sites for hydroxylation is 2. The summed E-state index contributed by atoms with van der Waals surface area (Å²) in [4.78, 5) is 2.67. The summed E-state index contributed by atoms with van der Waals surface area (Å²) in [6.07, 6.45) is 0.859. The van der Waals surface area contributed by atoms with Crippen molar-refractivity contribution in [1.82, 2.24) is 9.62 Å². The molecule has 0 aliphatic carbocycles. The van der Waals surface area contributed by atoms with Gasteiger partial charge in [-0.3, -0.25) is 4.90 Å². The normalized spacial score (nSPS) is 18.5. The van der Waals surface area contributed by atoms with Crippen molar-refractivity contribution in [3.05, 3.63) is 65.2 Å². The van der Waals surface area contributed by atoms with E-state index in [1.165, 1.54) is 5.56 Å². The molecule has 0 radical (unpaired) electrons. The number of hydrogen-bond donors (Lipinski definition) is 1. The molecule has 0 spiro atoms. The minimum atomic E-state index is -3.45. The fourth-order valence-corrected chi connectivity index (χ4v) is 4.41. The SMILES string of the molecule is Cc1ccc(S(=O)(=O)NCCCN2CCO[C@H](c3ccccc3)C2)cc1C. The van der Waals surface area contributed by atoms with Crippen LogP contribution < -0.4 is 4.72 Å². The lowest BCUT2D eigenvalue weighted by molar-refractivity contribution is -0.0300. The number of benzene rings is 2. The standard InChI is InChI=1S/C21H28N2O3S/c1-17-9-10-20(15-18(17)2)27(24,25)22-11-6-12-23-13-14-26-21(16-23)19-7-4-3-5-8-19/h3-5,7-10,15,21-22H,6,11-14,16H2,1-2H3/t21-/m0/s1. The number of nitrogens with one attached hydrogen (secondary N) is 1. The third-order valence-electron chi connectivity index (χ3n) is 5.05. The van der Waals surface area contributed by atoms with Gasteiger partial charge in [0.2, 0.25) is 10.0 Å². The third kappa shape index (κ3) is 5.39. The van der Waals surface area contributed by atoms with Gasteiger partial charge in [-0.2, -0.15) is 0 Å². The van der Waals surface area contributed by atoms with Gasteiger partial charge in [-0.25, -0.2) is 13.1 Å². The highest BCUT2D eigenvalue weighted by molar-refractivity contribution is 7.89. The second-order valence-corrected chi connectivity index (χ2v) is 8.84. The molecule has 146 valence electrons. The maximum atomic E-state index is 12.4. The van der Waals surface area contributed by atoms with E-state index in [2.05, 4.69) is 21.8 Å². The van der Waals surface area contributed by atoms with E-state index in [1.54, 1.807) is 12.1 Å². The van der Waals surface area contributed by atoms with E-state index in [-0.39, 0.29) is 6.10 Å². The Balaban J connectivity index is 1.47. The van der Waals surface area contributed by atoms with Gasteiger partial charge in [0, 0.05) is 19.6 Å². The number of sulfonamides is 1. The Morgan fingerprint density at radius 2 is 1.89 bits per heavy atom. The summed E-state index contributed by atoms with van der Waals surface area (Å²) in [6, 6.07) is 15.5. The Morgan fingerprint density at radius 1 is 1.11 bits per heavy atom. The molecule has 2 aromatic carbocycles. The Labute approximate surface area is 162 Å². The summed E-state index contributed by atoms with van der Waals surface area (Å²) in [5, 5.41) is 0. The van der Waals surface area contributed by atoms with Crippen LogP contribution in [0.2, 0.25) is 0 Å². The number of hydrogen-bond acceptors (Lipinski definition) is 4. The van der Waals surface area contributed by atoms with Crippen molar-refractivity contribution in [2.75, 3.05) is 32.8 Å². The smallest absolute Gasteiger partial charge is 0.240 e. The molecule has 0 amide bonds. The summed E-state index contributed by atoms with van der Waals surface area (Å²) >= 11 is 0. The van der Waals surface area contributed by atoms with Crippen LogP contribution >= 0.6 is 0 Å². The number of morpholine rings is 1. The zero-order valence-corrected chi connectivity index (χ0v) is 16.8. The zero-order valence-electron chi connectivity index (χ0n) is 16.0. The highest BCUT2D eigenvalue weighted by atomic mass is 32.2. The molecule has 27 heavy (non-hydrogen) atoms. The maximum Gasteiger partial charge on any atom is 0.240 e. The summed E-state index contributed by atoms with van der Waals surface area (Å²) in [6.45, 7) is 7.61. The van der Waals surface area contributed by atoms with Crippen LogP contribution in [0.3, 0.4) is 0 Å². The first kappa shape index (κ1) is 20.0. The first-order chi connectivity index (χ1) is 13.0. The Kier molecular flexibility index (Phi) is 6.65. The predicted octanol–water partition coefficient (Wildman–Crippen LogP) is 3.05. The van der Waals surface area contributed by atoms with E-state index in [0.29, 0.717) is 18.0 Å². The summed E-state index contributed by atoms with van der Waals surface area (Å²) in [5.41, 5.74) is 3.27. The number of nitrogens with zero attached hydrogens (tertiary/aromatic N) is 1.